The average Bonchev–Trinajstić information content (AvgIpc) is 2.73. The van der Waals surface area contributed by atoms with Crippen LogP contribution in [0.15, 0.2) is 77.6 Å². The molecule has 6 heteroatoms. The molecule has 4 nitrogen and oxygen atoms in total. The number of aromatic nitrogens is 1. The quantitative estimate of drug-likeness (QED) is 0.455. The molecule has 0 spiro atoms. The van der Waals surface area contributed by atoms with Crippen LogP contribution in [0.2, 0.25) is 10.0 Å². The number of hydrogen-bond acceptors (Lipinski definition) is 2. The molecule has 0 radical (unpaired) electrons. The van der Waals surface area contributed by atoms with Crippen molar-refractivity contribution in [3.05, 3.63) is 98.6 Å². The van der Waals surface area contributed by atoms with Crippen molar-refractivity contribution in [2.75, 3.05) is 5.32 Å². The van der Waals surface area contributed by atoms with E-state index < -0.39 is 0 Å². The van der Waals surface area contributed by atoms with E-state index in [0.717, 1.165) is 5.52 Å². The molecule has 0 aliphatic carbocycles. The first-order valence-electron chi connectivity index (χ1n) is 8.90. The highest BCUT2D eigenvalue weighted by atomic mass is 35.5. The fraction of sp³-hybridized carbons (Fsp3) is 0.0435. The molecule has 3 aromatic carbocycles. The molecule has 1 aromatic heterocycles. The molecular weight excluding hydrogens is 407 g/mol. The lowest BCUT2D eigenvalue weighted by atomic mass is 10.0. The molecule has 0 saturated heterocycles. The van der Waals surface area contributed by atoms with Crippen LogP contribution < -0.4 is 10.7 Å². The lowest BCUT2D eigenvalue weighted by Gasteiger charge is -2.18. The summed E-state index contributed by atoms with van der Waals surface area (Å²) in [6.45, 7) is 0. The maximum atomic E-state index is 13.3. The van der Waals surface area contributed by atoms with Crippen LogP contribution in [0.3, 0.4) is 0 Å². The zero-order valence-corrected chi connectivity index (χ0v) is 17.0. The molecule has 4 aromatic rings. The third-order valence-corrected chi connectivity index (χ3v) is 5.28. The lowest BCUT2D eigenvalue weighted by molar-refractivity contribution is 0.102. The van der Waals surface area contributed by atoms with Gasteiger partial charge in [-0.3, -0.25) is 9.59 Å². The molecule has 0 aliphatic rings. The molecule has 0 atom stereocenters. The molecule has 29 heavy (non-hydrogen) atoms. The third-order valence-electron chi connectivity index (χ3n) is 4.78. The standard InChI is InChI=1S/C23H16Cl2N2O2/c1-27-19-5-3-2-4-18(19)21(28)20(14-6-10-16(24)11-7-14)22(27)26-23(29)15-8-12-17(25)13-9-15/h2-13H,1H3,(H,26,29). The zero-order chi connectivity index (χ0) is 20.5. The predicted octanol–water partition coefficient (Wildman–Crippen LogP) is 5.76. The Labute approximate surface area is 177 Å². The number of nitrogens with zero attached hydrogens (tertiary/aromatic N) is 1. The number of aryl methyl sites for hydroxylation is 1. The molecule has 0 unspecified atom stereocenters. The van der Waals surface area contributed by atoms with E-state index in [1.165, 1.54) is 0 Å². The van der Waals surface area contributed by atoms with Gasteiger partial charge >= 0.3 is 0 Å². The van der Waals surface area contributed by atoms with Crippen LogP contribution >= 0.6 is 23.2 Å². The maximum absolute atomic E-state index is 13.3. The van der Waals surface area contributed by atoms with Crippen molar-refractivity contribution < 1.29 is 4.79 Å². The minimum absolute atomic E-state index is 0.160. The Morgan fingerprint density at radius 2 is 1.45 bits per heavy atom. The van der Waals surface area contributed by atoms with Crippen LogP contribution in [0.4, 0.5) is 5.82 Å². The Balaban J connectivity index is 1.93. The van der Waals surface area contributed by atoms with E-state index in [1.54, 1.807) is 54.6 Å². The maximum Gasteiger partial charge on any atom is 0.256 e. The second-order valence-corrected chi connectivity index (χ2v) is 7.47. The number of amides is 1. The van der Waals surface area contributed by atoms with Crippen LogP contribution in [0.25, 0.3) is 22.0 Å². The van der Waals surface area contributed by atoms with Crippen LogP contribution in [0.1, 0.15) is 10.4 Å². The van der Waals surface area contributed by atoms with E-state index in [0.29, 0.717) is 37.9 Å². The summed E-state index contributed by atoms with van der Waals surface area (Å²) in [4.78, 5) is 26.2. The monoisotopic (exact) mass is 422 g/mol. The number of hydrogen-bond donors (Lipinski definition) is 1. The highest BCUT2D eigenvalue weighted by molar-refractivity contribution is 6.31. The second kappa shape index (κ2) is 7.74. The van der Waals surface area contributed by atoms with Gasteiger partial charge in [-0.2, -0.15) is 0 Å². The van der Waals surface area contributed by atoms with Crippen molar-refractivity contribution in [1.29, 1.82) is 0 Å². The second-order valence-electron chi connectivity index (χ2n) is 6.60. The van der Waals surface area contributed by atoms with Gasteiger partial charge in [0.2, 0.25) is 0 Å². The number of benzene rings is 3. The molecule has 1 N–H and O–H groups in total. The molecular formula is C23H16Cl2N2O2. The summed E-state index contributed by atoms with van der Waals surface area (Å²) in [6, 6.07) is 20.9. The van der Waals surface area contributed by atoms with Gasteiger partial charge in [0.1, 0.15) is 5.82 Å². The molecule has 0 aliphatic heterocycles. The largest absolute Gasteiger partial charge is 0.330 e. The summed E-state index contributed by atoms with van der Waals surface area (Å²) in [5.41, 5.74) is 2.09. The number of fused-ring (bicyclic) bond motifs is 1. The normalized spacial score (nSPS) is 10.9. The number of carbonyl (C=O) groups is 1. The molecule has 1 heterocycles. The average molecular weight is 423 g/mol. The van der Waals surface area contributed by atoms with E-state index in [4.69, 9.17) is 23.2 Å². The fourth-order valence-corrected chi connectivity index (χ4v) is 3.55. The molecule has 0 bridgehead atoms. The number of carbonyl (C=O) groups excluding carboxylic acids is 1. The summed E-state index contributed by atoms with van der Waals surface area (Å²) in [6.07, 6.45) is 0. The Hall–Kier alpha value is -3.08. The molecule has 144 valence electrons. The minimum atomic E-state index is -0.331. The lowest BCUT2D eigenvalue weighted by Crippen LogP contribution is -2.21. The van der Waals surface area contributed by atoms with Crippen LogP contribution in [-0.2, 0) is 7.05 Å². The fourth-order valence-electron chi connectivity index (χ4n) is 3.30. The Kier molecular flexibility index (Phi) is 5.14. The summed E-state index contributed by atoms with van der Waals surface area (Å²) >= 11 is 11.9. The Morgan fingerprint density at radius 3 is 2.10 bits per heavy atom. The SMILES string of the molecule is Cn1c(NC(=O)c2ccc(Cl)cc2)c(-c2ccc(Cl)cc2)c(=O)c2ccccc21. The van der Waals surface area contributed by atoms with Crippen molar-refractivity contribution in [2.24, 2.45) is 7.05 Å². The smallest absolute Gasteiger partial charge is 0.256 e. The third kappa shape index (κ3) is 3.65. The van der Waals surface area contributed by atoms with Crippen molar-refractivity contribution in [3.63, 3.8) is 0 Å². The molecule has 0 fully saturated rings. The molecule has 1 amide bonds. The van der Waals surface area contributed by atoms with Gasteiger partial charge in [-0.25, -0.2) is 0 Å². The summed E-state index contributed by atoms with van der Waals surface area (Å²) in [5, 5.41) is 4.59. The van der Waals surface area contributed by atoms with Gasteiger partial charge in [-0.05, 0) is 54.1 Å². The highest BCUT2D eigenvalue weighted by Gasteiger charge is 2.19. The van der Waals surface area contributed by atoms with Crippen molar-refractivity contribution in [2.45, 2.75) is 0 Å². The Morgan fingerprint density at radius 1 is 0.862 bits per heavy atom. The summed E-state index contributed by atoms with van der Waals surface area (Å²) in [7, 11) is 1.82. The minimum Gasteiger partial charge on any atom is -0.330 e. The number of rotatable bonds is 3. The van der Waals surface area contributed by atoms with Crippen LogP contribution in [0, 0.1) is 0 Å². The van der Waals surface area contributed by atoms with Gasteiger partial charge in [0.25, 0.3) is 5.91 Å². The van der Waals surface area contributed by atoms with Gasteiger partial charge in [-0.15, -0.1) is 0 Å². The number of pyridine rings is 1. The highest BCUT2D eigenvalue weighted by Crippen LogP contribution is 2.29. The predicted molar refractivity (Wildman–Crippen MR) is 119 cm³/mol. The first kappa shape index (κ1) is 19.2. The van der Waals surface area contributed by atoms with Crippen molar-refractivity contribution in [1.82, 2.24) is 4.57 Å². The summed E-state index contributed by atoms with van der Waals surface area (Å²) in [5.74, 6) is 0.0816. The van der Waals surface area contributed by atoms with E-state index in [-0.39, 0.29) is 11.3 Å². The van der Waals surface area contributed by atoms with Crippen LogP contribution in [-0.4, -0.2) is 10.5 Å². The van der Waals surface area contributed by atoms with Crippen molar-refractivity contribution in [3.8, 4) is 11.1 Å². The first-order chi connectivity index (χ1) is 14.0. The molecule has 4 rings (SSSR count). The van der Waals surface area contributed by atoms with Crippen LogP contribution in [0.5, 0.6) is 0 Å². The van der Waals surface area contributed by atoms with Gasteiger partial charge in [0, 0.05) is 28.0 Å². The number of nitrogens with one attached hydrogen (secondary N) is 1. The first-order valence-corrected chi connectivity index (χ1v) is 9.66. The topological polar surface area (TPSA) is 51.1 Å². The number of para-hydroxylation sites is 1. The Bertz CT molecular complexity index is 1280. The van der Waals surface area contributed by atoms with Gasteiger partial charge < -0.3 is 9.88 Å². The van der Waals surface area contributed by atoms with E-state index in [9.17, 15) is 9.59 Å². The number of halogens is 2. The summed E-state index contributed by atoms with van der Waals surface area (Å²) < 4.78 is 1.81. The van der Waals surface area contributed by atoms with Crippen molar-refractivity contribution >= 4 is 45.8 Å². The van der Waals surface area contributed by atoms with E-state index in [2.05, 4.69) is 5.32 Å². The van der Waals surface area contributed by atoms with E-state index in [1.807, 2.05) is 29.8 Å². The number of anilines is 1. The van der Waals surface area contributed by atoms with Gasteiger partial charge in [-0.1, -0.05) is 47.5 Å². The van der Waals surface area contributed by atoms with Gasteiger partial charge in [0.15, 0.2) is 5.43 Å². The zero-order valence-electron chi connectivity index (χ0n) is 15.4. The van der Waals surface area contributed by atoms with E-state index >= 15 is 0 Å². The van der Waals surface area contributed by atoms with Gasteiger partial charge in [0.05, 0.1) is 11.1 Å². The molecule has 0 saturated carbocycles.